The number of aliphatic hydroxyl groups is 1. The second-order valence-corrected chi connectivity index (χ2v) is 4.75. The maximum atomic E-state index is 12.5. The van der Waals surface area contributed by atoms with E-state index in [9.17, 15) is 4.79 Å². The lowest BCUT2D eigenvalue weighted by atomic mass is 10.1. The maximum Gasteiger partial charge on any atom is 0.255 e. The molecule has 1 saturated heterocycles. The topological polar surface area (TPSA) is 49.8 Å². The summed E-state index contributed by atoms with van der Waals surface area (Å²) < 4.78 is 5.32. The van der Waals surface area contributed by atoms with Gasteiger partial charge in [-0.2, -0.15) is 0 Å². The van der Waals surface area contributed by atoms with Crippen molar-refractivity contribution in [1.82, 2.24) is 4.90 Å². The van der Waals surface area contributed by atoms with Crippen molar-refractivity contribution in [3.63, 3.8) is 0 Å². The van der Waals surface area contributed by atoms with E-state index < -0.39 is 0 Å². The Kier molecular flexibility index (Phi) is 5.16. The van der Waals surface area contributed by atoms with E-state index >= 15 is 0 Å². The van der Waals surface area contributed by atoms with Crippen LogP contribution < -0.4 is 0 Å². The van der Waals surface area contributed by atoms with E-state index in [-0.39, 0.29) is 18.6 Å². The van der Waals surface area contributed by atoms with Gasteiger partial charge in [-0.25, -0.2) is 0 Å². The van der Waals surface area contributed by atoms with E-state index in [4.69, 9.17) is 9.84 Å². The number of carbonyl (C=O) groups excluding carboxylic acids is 1. The molecule has 0 bridgehead atoms. The molecule has 1 aromatic carbocycles. The molecule has 1 heterocycles. The molecule has 0 aromatic heterocycles. The summed E-state index contributed by atoms with van der Waals surface area (Å²) in [4.78, 5) is 14.3. The van der Waals surface area contributed by atoms with E-state index in [1.165, 1.54) is 0 Å². The zero-order valence-electron chi connectivity index (χ0n) is 11.6. The molecular weight excluding hydrogens is 254 g/mol. The van der Waals surface area contributed by atoms with Gasteiger partial charge in [-0.05, 0) is 18.6 Å². The Morgan fingerprint density at radius 1 is 1.50 bits per heavy atom. The molecule has 1 aromatic rings. The number of carbonyl (C=O) groups is 1. The van der Waals surface area contributed by atoms with Crippen LogP contribution in [0.25, 0.3) is 0 Å². The fourth-order valence-corrected chi connectivity index (χ4v) is 2.18. The number of amides is 1. The molecular formula is C16H19NO3. The van der Waals surface area contributed by atoms with Gasteiger partial charge in [0.1, 0.15) is 0 Å². The molecule has 1 unspecified atom stereocenters. The van der Waals surface area contributed by atoms with Crippen molar-refractivity contribution in [1.29, 1.82) is 0 Å². The predicted octanol–water partition coefficient (Wildman–Crippen LogP) is 1.28. The molecule has 1 amide bonds. The highest BCUT2D eigenvalue weighted by Crippen LogP contribution is 2.16. The second-order valence-electron chi connectivity index (χ2n) is 4.75. The molecule has 20 heavy (non-hydrogen) atoms. The van der Waals surface area contributed by atoms with Gasteiger partial charge in [-0.3, -0.25) is 4.79 Å². The minimum absolute atomic E-state index is 0.0302. The van der Waals surface area contributed by atoms with Crippen LogP contribution in [-0.4, -0.2) is 48.8 Å². The summed E-state index contributed by atoms with van der Waals surface area (Å²) in [7, 11) is 1.81. The average Bonchev–Trinajstić information content (AvgIpc) is 3.01. The van der Waals surface area contributed by atoms with Crippen LogP contribution in [0.15, 0.2) is 24.3 Å². The summed E-state index contributed by atoms with van der Waals surface area (Å²) >= 11 is 0. The summed E-state index contributed by atoms with van der Waals surface area (Å²) in [6.45, 7) is 1.34. The number of aliphatic hydroxyl groups excluding tert-OH is 1. The summed E-state index contributed by atoms with van der Waals surface area (Å²) in [5.41, 5.74) is 1.31. The summed E-state index contributed by atoms with van der Waals surface area (Å²) in [5.74, 6) is 5.78. The van der Waals surface area contributed by atoms with Crippen molar-refractivity contribution in [3.05, 3.63) is 35.4 Å². The van der Waals surface area contributed by atoms with Crippen LogP contribution in [-0.2, 0) is 4.74 Å². The van der Waals surface area contributed by atoms with Crippen molar-refractivity contribution in [2.45, 2.75) is 18.9 Å². The third kappa shape index (κ3) is 3.38. The molecule has 4 heteroatoms. The first-order chi connectivity index (χ1) is 9.74. The Morgan fingerprint density at radius 2 is 2.30 bits per heavy atom. The SMILES string of the molecule is CN(C(=O)c1ccccc1C#CCCO)C1CCOC1. The number of nitrogens with zero attached hydrogens (tertiary/aromatic N) is 1. The molecule has 0 radical (unpaired) electrons. The van der Waals surface area contributed by atoms with Crippen LogP contribution in [0.2, 0.25) is 0 Å². The van der Waals surface area contributed by atoms with E-state index in [2.05, 4.69) is 11.8 Å². The lowest BCUT2D eigenvalue weighted by molar-refractivity contribution is 0.0711. The fraction of sp³-hybridized carbons (Fsp3) is 0.438. The van der Waals surface area contributed by atoms with Crippen LogP contribution in [0.1, 0.15) is 28.8 Å². The molecule has 1 aliphatic rings. The highest BCUT2D eigenvalue weighted by molar-refractivity contribution is 5.96. The Balaban J connectivity index is 2.19. The summed E-state index contributed by atoms with van der Waals surface area (Å²) in [6.07, 6.45) is 1.29. The van der Waals surface area contributed by atoms with Gasteiger partial charge in [-0.1, -0.05) is 24.0 Å². The fourth-order valence-electron chi connectivity index (χ4n) is 2.18. The standard InChI is InChI=1S/C16H19NO3/c1-17(14-9-11-20-12-14)16(19)15-8-3-2-6-13(15)7-4-5-10-18/h2-3,6,8,14,18H,5,9-12H2,1H3. The molecule has 0 aliphatic carbocycles. The molecule has 1 aliphatic heterocycles. The monoisotopic (exact) mass is 273 g/mol. The van der Waals surface area contributed by atoms with E-state index in [0.29, 0.717) is 30.8 Å². The normalized spacial score (nSPS) is 17.4. The molecule has 0 saturated carbocycles. The van der Waals surface area contributed by atoms with E-state index in [1.807, 2.05) is 18.2 Å². The predicted molar refractivity (Wildman–Crippen MR) is 76.3 cm³/mol. The van der Waals surface area contributed by atoms with Crippen LogP contribution in [0.4, 0.5) is 0 Å². The average molecular weight is 273 g/mol. The van der Waals surface area contributed by atoms with Crippen LogP contribution in [0.3, 0.4) is 0 Å². The lowest BCUT2D eigenvalue weighted by Gasteiger charge is -2.23. The largest absolute Gasteiger partial charge is 0.395 e. The quantitative estimate of drug-likeness (QED) is 0.844. The number of likely N-dealkylation sites (N-methyl/N-ethyl adjacent to an activating group) is 1. The van der Waals surface area contributed by atoms with Crippen LogP contribution in [0, 0.1) is 11.8 Å². The number of rotatable bonds is 3. The first-order valence-electron chi connectivity index (χ1n) is 6.77. The van der Waals surface area contributed by atoms with Crippen molar-refractivity contribution in [2.24, 2.45) is 0 Å². The molecule has 0 spiro atoms. The van der Waals surface area contributed by atoms with Gasteiger partial charge in [0.05, 0.1) is 24.8 Å². The summed E-state index contributed by atoms with van der Waals surface area (Å²) in [5, 5.41) is 8.76. The zero-order valence-corrected chi connectivity index (χ0v) is 11.6. The smallest absolute Gasteiger partial charge is 0.255 e. The second kappa shape index (κ2) is 7.09. The Bertz CT molecular complexity index is 524. The van der Waals surface area contributed by atoms with Gasteiger partial charge in [0.25, 0.3) is 5.91 Å². The number of benzene rings is 1. The highest BCUT2D eigenvalue weighted by atomic mass is 16.5. The van der Waals surface area contributed by atoms with Gasteiger partial charge in [0.15, 0.2) is 0 Å². The Labute approximate surface area is 119 Å². The van der Waals surface area contributed by atoms with Crippen LogP contribution in [0.5, 0.6) is 0 Å². The first-order valence-corrected chi connectivity index (χ1v) is 6.77. The van der Waals surface area contributed by atoms with Crippen molar-refractivity contribution >= 4 is 5.91 Å². The van der Waals surface area contributed by atoms with Gasteiger partial charge in [0, 0.05) is 25.6 Å². The van der Waals surface area contributed by atoms with Gasteiger partial charge in [0.2, 0.25) is 0 Å². The Hall–Kier alpha value is -1.83. The maximum absolute atomic E-state index is 12.5. The van der Waals surface area contributed by atoms with Gasteiger partial charge in [-0.15, -0.1) is 0 Å². The lowest BCUT2D eigenvalue weighted by Crippen LogP contribution is -2.37. The first kappa shape index (κ1) is 14.6. The summed E-state index contributed by atoms with van der Waals surface area (Å²) in [6, 6.07) is 7.46. The third-order valence-electron chi connectivity index (χ3n) is 3.39. The van der Waals surface area contributed by atoms with Gasteiger partial charge < -0.3 is 14.7 Å². The van der Waals surface area contributed by atoms with Crippen molar-refractivity contribution in [2.75, 3.05) is 26.9 Å². The molecule has 106 valence electrons. The molecule has 2 rings (SSSR count). The Morgan fingerprint density at radius 3 is 3.00 bits per heavy atom. The van der Waals surface area contributed by atoms with E-state index in [0.717, 1.165) is 6.42 Å². The zero-order chi connectivity index (χ0) is 14.4. The third-order valence-corrected chi connectivity index (χ3v) is 3.39. The van der Waals surface area contributed by atoms with Crippen molar-refractivity contribution < 1.29 is 14.6 Å². The minimum Gasteiger partial charge on any atom is -0.395 e. The number of hydrogen-bond donors (Lipinski definition) is 1. The van der Waals surface area contributed by atoms with Gasteiger partial charge >= 0.3 is 0 Å². The minimum atomic E-state index is -0.0330. The molecule has 1 atom stereocenters. The molecule has 1 fully saturated rings. The number of ether oxygens (including phenoxy) is 1. The van der Waals surface area contributed by atoms with Crippen LogP contribution >= 0.6 is 0 Å². The highest BCUT2D eigenvalue weighted by Gasteiger charge is 2.25. The molecule has 1 N–H and O–H groups in total. The number of hydrogen-bond acceptors (Lipinski definition) is 3. The molecule has 4 nitrogen and oxygen atoms in total. The van der Waals surface area contributed by atoms with Crippen molar-refractivity contribution in [3.8, 4) is 11.8 Å². The van der Waals surface area contributed by atoms with E-state index in [1.54, 1.807) is 18.0 Å².